The summed E-state index contributed by atoms with van der Waals surface area (Å²) in [6, 6.07) is 0. The molecule has 2 rings (SSSR count). The number of hydrogen-bond acceptors (Lipinski definition) is 4. The molecule has 94 valence electrons. The van der Waals surface area contributed by atoms with E-state index in [1.165, 1.54) is 0 Å². The Balaban J connectivity index is 2.24. The summed E-state index contributed by atoms with van der Waals surface area (Å²) in [6.45, 7) is 3.90. The highest BCUT2D eigenvalue weighted by molar-refractivity contribution is 9.10. The van der Waals surface area contributed by atoms with Crippen molar-refractivity contribution in [2.45, 2.75) is 25.4 Å². The third kappa shape index (κ3) is 2.89. The zero-order valence-corrected chi connectivity index (χ0v) is 12.3. The van der Waals surface area contributed by atoms with E-state index in [4.69, 9.17) is 16.3 Å². The summed E-state index contributed by atoms with van der Waals surface area (Å²) in [4.78, 5) is 10.4. The van der Waals surface area contributed by atoms with Crippen molar-refractivity contribution >= 4 is 33.3 Å². The molecule has 0 amide bonds. The molecule has 1 fully saturated rings. The molecule has 1 atom stereocenters. The number of hydrogen-bond donors (Lipinski definition) is 0. The van der Waals surface area contributed by atoms with Gasteiger partial charge in [-0.1, -0.05) is 0 Å². The van der Waals surface area contributed by atoms with E-state index >= 15 is 0 Å². The topological polar surface area (TPSA) is 38.2 Å². The highest BCUT2D eigenvalue weighted by atomic mass is 79.9. The van der Waals surface area contributed by atoms with Crippen LogP contribution in [-0.4, -0.2) is 35.8 Å². The Morgan fingerprint density at radius 3 is 3.06 bits per heavy atom. The second kappa shape index (κ2) is 5.08. The molecule has 0 radical (unpaired) electrons. The first-order chi connectivity index (χ1) is 8.04. The lowest BCUT2D eigenvalue weighted by molar-refractivity contribution is -0.00484. The van der Waals surface area contributed by atoms with Crippen LogP contribution in [0, 0.1) is 0 Å². The first-order valence-corrected chi connectivity index (χ1v) is 6.69. The van der Waals surface area contributed by atoms with Crippen molar-refractivity contribution < 1.29 is 4.74 Å². The van der Waals surface area contributed by atoms with E-state index in [0.29, 0.717) is 0 Å². The lowest BCUT2D eigenvalue weighted by atomic mass is 9.95. The van der Waals surface area contributed by atoms with Crippen molar-refractivity contribution in [3.8, 4) is 0 Å². The van der Waals surface area contributed by atoms with Crippen LogP contribution in [0.5, 0.6) is 0 Å². The second-order valence-electron chi connectivity index (χ2n) is 4.49. The summed E-state index contributed by atoms with van der Waals surface area (Å²) in [6.07, 6.45) is 3.83. The lowest BCUT2D eigenvalue weighted by Gasteiger charge is -2.40. The molecule has 1 unspecified atom stereocenters. The third-order valence-electron chi connectivity index (χ3n) is 3.15. The molecule has 0 bridgehead atoms. The summed E-state index contributed by atoms with van der Waals surface area (Å²) in [5.74, 6) is 0.841. The molecule has 6 heteroatoms. The van der Waals surface area contributed by atoms with Crippen LogP contribution in [0.2, 0.25) is 5.28 Å². The first-order valence-electron chi connectivity index (χ1n) is 5.52. The van der Waals surface area contributed by atoms with Crippen LogP contribution in [0.15, 0.2) is 10.7 Å². The molecule has 0 spiro atoms. The number of anilines is 1. The fraction of sp³-hybridized carbons (Fsp3) is 0.636. The molecule has 2 heterocycles. The van der Waals surface area contributed by atoms with Crippen LogP contribution in [0.1, 0.15) is 19.8 Å². The van der Waals surface area contributed by atoms with E-state index in [9.17, 15) is 0 Å². The molecular weight excluding hydrogens is 305 g/mol. The van der Waals surface area contributed by atoms with E-state index in [1.54, 1.807) is 13.3 Å². The maximum absolute atomic E-state index is 5.84. The van der Waals surface area contributed by atoms with Crippen LogP contribution >= 0.6 is 27.5 Å². The smallest absolute Gasteiger partial charge is 0.224 e. The number of ether oxygens (including phenoxy) is 1. The summed E-state index contributed by atoms with van der Waals surface area (Å²) in [5, 5.41) is 0.271. The van der Waals surface area contributed by atoms with E-state index in [-0.39, 0.29) is 10.9 Å². The molecule has 0 N–H and O–H groups in total. The minimum absolute atomic E-state index is 0.116. The Kier molecular flexibility index (Phi) is 3.90. The maximum atomic E-state index is 5.84. The molecule has 0 aromatic carbocycles. The van der Waals surface area contributed by atoms with Crippen molar-refractivity contribution in [3.63, 3.8) is 0 Å². The molecule has 1 aliphatic rings. The van der Waals surface area contributed by atoms with Crippen LogP contribution in [-0.2, 0) is 4.74 Å². The SMILES string of the molecule is COC1(C)CCCN(c2nc(Cl)ncc2Br)C1. The van der Waals surface area contributed by atoms with Gasteiger partial charge in [-0.15, -0.1) is 0 Å². The molecule has 4 nitrogen and oxygen atoms in total. The van der Waals surface area contributed by atoms with Crippen molar-refractivity contribution in [3.05, 3.63) is 16.0 Å². The van der Waals surface area contributed by atoms with E-state index in [2.05, 4.69) is 37.7 Å². The number of aromatic nitrogens is 2. The number of rotatable bonds is 2. The Labute approximate surface area is 114 Å². The quantitative estimate of drug-likeness (QED) is 0.785. The monoisotopic (exact) mass is 319 g/mol. The molecule has 1 aromatic rings. The fourth-order valence-corrected chi connectivity index (χ4v) is 2.68. The Bertz CT molecular complexity index is 418. The normalized spacial score (nSPS) is 25.1. The minimum Gasteiger partial charge on any atom is -0.377 e. The van der Waals surface area contributed by atoms with Crippen molar-refractivity contribution in [1.29, 1.82) is 0 Å². The van der Waals surface area contributed by atoms with E-state index in [1.807, 2.05) is 0 Å². The predicted molar refractivity (Wildman–Crippen MR) is 71.6 cm³/mol. The van der Waals surface area contributed by atoms with Crippen LogP contribution in [0.4, 0.5) is 5.82 Å². The maximum Gasteiger partial charge on any atom is 0.224 e. The van der Waals surface area contributed by atoms with Gasteiger partial charge < -0.3 is 9.64 Å². The Morgan fingerprint density at radius 1 is 1.59 bits per heavy atom. The van der Waals surface area contributed by atoms with Gasteiger partial charge in [0.2, 0.25) is 5.28 Å². The summed E-state index contributed by atoms with van der Waals surface area (Å²) in [7, 11) is 1.76. The average molecular weight is 321 g/mol. The van der Waals surface area contributed by atoms with E-state index < -0.39 is 0 Å². The van der Waals surface area contributed by atoms with Crippen LogP contribution in [0.25, 0.3) is 0 Å². The highest BCUT2D eigenvalue weighted by Gasteiger charge is 2.32. The number of piperidine rings is 1. The molecule has 1 aromatic heterocycles. The molecular formula is C11H15BrClN3O. The summed E-state index contributed by atoms with van der Waals surface area (Å²) >= 11 is 9.30. The highest BCUT2D eigenvalue weighted by Crippen LogP contribution is 2.31. The van der Waals surface area contributed by atoms with Gasteiger partial charge in [0.05, 0.1) is 10.1 Å². The van der Waals surface area contributed by atoms with E-state index in [0.717, 1.165) is 36.2 Å². The predicted octanol–water partition coefficient (Wildman–Crippen LogP) is 2.90. The first kappa shape index (κ1) is 13.1. The average Bonchev–Trinajstić information content (AvgIpc) is 2.32. The molecule has 0 aliphatic carbocycles. The number of nitrogens with zero attached hydrogens (tertiary/aromatic N) is 3. The lowest BCUT2D eigenvalue weighted by Crippen LogP contribution is -2.47. The Hall–Kier alpha value is -0.390. The van der Waals surface area contributed by atoms with Crippen molar-refractivity contribution in [2.75, 3.05) is 25.1 Å². The zero-order valence-electron chi connectivity index (χ0n) is 9.91. The van der Waals surface area contributed by atoms with Crippen LogP contribution in [0.3, 0.4) is 0 Å². The second-order valence-corrected chi connectivity index (χ2v) is 5.68. The Morgan fingerprint density at radius 2 is 2.35 bits per heavy atom. The van der Waals surface area contributed by atoms with Crippen molar-refractivity contribution in [2.24, 2.45) is 0 Å². The number of methoxy groups -OCH3 is 1. The van der Waals surface area contributed by atoms with Gasteiger partial charge in [-0.25, -0.2) is 4.98 Å². The van der Waals surface area contributed by atoms with Crippen molar-refractivity contribution in [1.82, 2.24) is 9.97 Å². The van der Waals surface area contributed by atoms with Gasteiger partial charge in [-0.2, -0.15) is 4.98 Å². The van der Waals surface area contributed by atoms with Gasteiger partial charge in [-0.05, 0) is 47.3 Å². The standard InChI is InChI=1S/C11H15BrClN3O/c1-11(17-2)4-3-5-16(7-11)9-8(12)6-14-10(13)15-9/h6H,3-5,7H2,1-2H3. The summed E-state index contributed by atoms with van der Waals surface area (Å²) in [5.41, 5.74) is -0.116. The summed E-state index contributed by atoms with van der Waals surface area (Å²) < 4.78 is 6.43. The van der Waals surface area contributed by atoms with Gasteiger partial charge in [0.25, 0.3) is 0 Å². The molecule has 1 aliphatic heterocycles. The molecule has 0 saturated carbocycles. The van der Waals surface area contributed by atoms with Crippen LogP contribution < -0.4 is 4.90 Å². The number of halogens is 2. The van der Waals surface area contributed by atoms with Gasteiger partial charge in [0.15, 0.2) is 0 Å². The minimum atomic E-state index is -0.116. The fourth-order valence-electron chi connectivity index (χ4n) is 2.11. The zero-order chi connectivity index (χ0) is 12.5. The molecule has 1 saturated heterocycles. The molecule has 17 heavy (non-hydrogen) atoms. The van der Waals surface area contributed by atoms with Gasteiger partial charge in [0.1, 0.15) is 5.82 Å². The van der Waals surface area contributed by atoms with Gasteiger partial charge in [-0.3, -0.25) is 0 Å². The van der Waals surface area contributed by atoms with Gasteiger partial charge in [0, 0.05) is 26.4 Å². The van der Waals surface area contributed by atoms with Gasteiger partial charge >= 0.3 is 0 Å². The third-order valence-corrected chi connectivity index (χ3v) is 3.89. The largest absolute Gasteiger partial charge is 0.377 e.